The average molecular weight is 448 g/mol. The first-order valence-corrected chi connectivity index (χ1v) is 11.3. The topological polar surface area (TPSA) is 72.3 Å². The molecule has 2 aromatic rings. The van der Waals surface area contributed by atoms with Crippen LogP contribution in [0.15, 0.2) is 24.5 Å². The maximum Gasteiger partial charge on any atom is 0.260 e. The van der Waals surface area contributed by atoms with Crippen LogP contribution >= 0.6 is 0 Å². The van der Waals surface area contributed by atoms with Crippen molar-refractivity contribution in [1.29, 1.82) is 0 Å². The largest absolute Gasteiger partial charge is 0.497 e. The number of benzene rings is 1. The van der Waals surface area contributed by atoms with E-state index in [9.17, 15) is 13.6 Å². The molecule has 1 fully saturated rings. The highest BCUT2D eigenvalue weighted by Gasteiger charge is 2.38. The Bertz CT molecular complexity index is 927. The average Bonchev–Trinajstić information content (AvgIpc) is 3.28. The van der Waals surface area contributed by atoms with Gasteiger partial charge < -0.3 is 15.0 Å². The second-order valence-corrected chi connectivity index (χ2v) is 8.78. The summed E-state index contributed by atoms with van der Waals surface area (Å²) in [6, 6.07) is 5.02. The number of aromatic nitrogens is 3. The number of nitrogens with one attached hydrogen (secondary N) is 1. The van der Waals surface area contributed by atoms with Gasteiger partial charge in [0, 0.05) is 25.6 Å². The van der Waals surface area contributed by atoms with Crippen molar-refractivity contribution in [1.82, 2.24) is 19.7 Å². The molecule has 1 aromatic carbocycles. The van der Waals surface area contributed by atoms with Gasteiger partial charge in [0.2, 0.25) is 11.9 Å². The van der Waals surface area contributed by atoms with Gasteiger partial charge >= 0.3 is 0 Å². The van der Waals surface area contributed by atoms with Crippen molar-refractivity contribution in [3.8, 4) is 5.75 Å². The molecule has 7 nitrogen and oxygen atoms in total. The minimum Gasteiger partial charge on any atom is -0.497 e. The second-order valence-electron chi connectivity index (χ2n) is 8.78. The molecule has 1 saturated heterocycles. The summed E-state index contributed by atoms with van der Waals surface area (Å²) in [5.74, 6) is 1.68. The van der Waals surface area contributed by atoms with Crippen LogP contribution in [0.3, 0.4) is 0 Å². The first kappa shape index (κ1) is 22.5. The van der Waals surface area contributed by atoms with Gasteiger partial charge in [0.05, 0.1) is 7.11 Å². The van der Waals surface area contributed by atoms with Crippen molar-refractivity contribution in [2.45, 2.75) is 64.0 Å². The van der Waals surface area contributed by atoms with Gasteiger partial charge in [0.25, 0.3) is 6.43 Å². The number of anilines is 1. The predicted octanol–water partition coefficient (Wildman–Crippen LogP) is 3.85. The molecule has 1 amide bonds. The Morgan fingerprint density at radius 2 is 2.09 bits per heavy atom. The molecule has 3 heterocycles. The predicted molar refractivity (Wildman–Crippen MR) is 117 cm³/mol. The van der Waals surface area contributed by atoms with Gasteiger partial charge in [-0.2, -0.15) is 10.1 Å². The summed E-state index contributed by atoms with van der Waals surface area (Å²) >= 11 is 0. The number of carbonyl (C=O) groups is 1. The van der Waals surface area contributed by atoms with Gasteiger partial charge in [-0.15, -0.1) is 0 Å². The van der Waals surface area contributed by atoms with Gasteiger partial charge in [0.1, 0.15) is 18.1 Å². The Labute approximate surface area is 187 Å². The molecule has 0 bridgehead atoms. The zero-order valence-electron chi connectivity index (χ0n) is 18.6. The number of amides is 1. The molecule has 1 N–H and O–H groups in total. The molecule has 174 valence electrons. The maximum atomic E-state index is 13.5. The molecular weight excluding hydrogens is 416 g/mol. The van der Waals surface area contributed by atoms with Crippen molar-refractivity contribution < 1.29 is 18.3 Å². The van der Waals surface area contributed by atoms with Crippen LogP contribution < -0.4 is 10.1 Å². The summed E-state index contributed by atoms with van der Waals surface area (Å²) < 4.78 is 33.6. The third-order valence-corrected chi connectivity index (χ3v) is 6.84. The van der Waals surface area contributed by atoms with E-state index in [2.05, 4.69) is 28.4 Å². The number of halogens is 2. The molecule has 0 radical (unpaired) electrons. The highest BCUT2D eigenvalue weighted by atomic mass is 19.3. The van der Waals surface area contributed by atoms with Crippen LogP contribution in [-0.4, -0.2) is 58.2 Å². The van der Waals surface area contributed by atoms with Crippen molar-refractivity contribution >= 4 is 11.9 Å². The number of fused-ring (bicyclic) bond motifs is 1. The summed E-state index contributed by atoms with van der Waals surface area (Å²) in [4.78, 5) is 18.7. The lowest BCUT2D eigenvalue weighted by Gasteiger charge is -2.40. The van der Waals surface area contributed by atoms with Crippen molar-refractivity contribution in [3.05, 3.63) is 35.7 Å². The van der Waals surface area contributed by atoms with Crippen LogP contribution in [0.4, 0.5) is 14.7 Å². The smallest absolute Gasteiger partial charge is 0.260 e. The van der Waals surface area contributed by atoms with E-state index in [0.29, 0.717) is 31.9 Å². The maximum absolute atomic E-state index is 13.5. The van der Waals surface area contributed by atoms with E-state index in [4.69, 9.17) is 4.74 Å². The number of carbonyl (C=O) groups excluding carboxylic acids is 1. The van der Waals surface area contributed by atoms with Gasteiger partial charge in [0.15, 0.2) is 0 Å². The second kappa shape index (κ2) is 9.83. The van der Waals surface area contributed by atoms with Crippen LogP contribution in [-0.2, 0) is 11.2 Å². The minimum absolute atomic E-state index is 0.0685. The number of hydrogen-bond donors (Lipinski definition) is 1. The molecule has 2 aliphatic heterocycles. The summed E-state index contributed by atoms with van der Waals surface area (Å²) in [6.07, 6.45) is 2.98. The van der Waals surface area contributed by atoms with E-state index in [1.165, 1.54) is 22.1 Å². The number of methoxy groups -OCH3 is 1. The fourth-order valence-electron chi connectivity index (χ4n) is 4.92. The number of aryl methyl sites for hydroxylation is 2. The van der Waals surface area contributed by atoms with Gasteiger partial charge in [-0.3, -0.25) is 4.79 Å². The van der Waals surface area contributed by atoms with E-state index in [1.807, 2.05) is 17.0 Å². The van der Waals surface area contributed by atoms with Crippen LogP contribution in [0.5, 0.6) is 5.75 Å². The Morgan fingerprint density at radius 3 is 2.78 bits per heavy atom. The molecule has 0 saturated carbocycles. The van der Waals surface area contributed by atoms with Gasteiger partial charge in [-0.1, -0.05) is 6.07 Å². The molecule has 4 rings (SSSR count). The SMILES string of the molecule is COc1ccc(CCCC(=O)N2CCC([C@@H]3C[C@H](C(F)F)n4ncnc4N3)CC2)c(C)c1. The Balaban J connectivity index is 1.24. The Hall–Kier alpha value is -2.71. The van der Waals surface area contributed by atoms with Crippen LogP contribution in [0.25, 0.3) is 0 Å². The number of alkyl halides is 2. The third kappa shape index (κ3) is 4.86. The molecule has 2 aliphatic rings. The zero-order valence-corrected chi connectivity index (χ0v) is 18.6. The highest BCUT2D eigenvalue weighted by Crippen LogP contribution is 2.35. The quantitative estimate of drug-likeness (QED) is 0.698. The van der Waals surface area contributed by atoms with Crippen molar-refractivity contribution in [3.63, 3.8) is 0 Å². The number of likely N-dealkylation sites (tertiary alicyclic amines) is 1. The fourth-order valence-corrected chi connectivity index (χ4v) is 4.92. The van der Waals surface area contributed by atoms with E-state index in [-0.39, 0.29) is 17.9 Å². The number of hydrogen-bond acceptors (Lipinski definition) is 5. The third-order valence-electron chi connectivity index (χ3n) is 6.84. The molecule has 9 heteroatoms. The fraction of sp³-hybridized carbons (Fsp3) is 0.609. The number of piperidine rings is 1. The van der Waals surface area contributed by atoms with Gasteiger partial charge in [-0.05, 0) is 68.2 Å². The standard InChI is InChI=1S/C23H31F2N5O2/c1-15-12-18(32-2)7-6-16(15)4-3-5-21(31)29-10-8-17(9-11-29)19-13-20(22(24)25)30-23(28-19)26-14-27-30/h6-7,12,14,17,19-20,22H,3-5,8-11,13H2,1-2H3,(H,26,27,28)/t19-,20+/m0/s1. The van der Waals surface area contributed by atoms with Crippen molar-refractivity contribution in [2.75, 3.05) is 25.5 Å². The lowest BCUT2D eigenvalue weighted by molar-refractivity contribution is -0.132. The molecular formula is C23H31F2N5O2. The molecule has 1 aromatic heterocycles. The van der Waals surface area contributed by atoms with Crippen LogP contribution in [0, 0.1) is 12.8 Å². The first-order valence-electron chi connectivity index (χ1n) is 11.3. The highest BCUT2D eigenvalue weighted by molar-refractivity contribution is 5.76. The van der Waals surface area contributed by atoms with Crippen LogP contribution in [0.1, 0.15) is 49.3 Å². The number of rotatable bonds is 7. The summed E-state index contributed by atoms with van der Waals surface area (Å²) in [5.41, 5.74) is 2.41. The number of nitrogens with zero attached hydrogens (tertiary/aromatic N) is 4. The van der Waals surface area contributed by atoms with E-state index in [0.717, 1.165) is 31.4 Å². The first-order chi connectivity index (χ1) is 15.5. The van der Waals surface area contributed by atoms with Crippen molar-refractivity contribution in [2.24, 2.45) is 5.92 Å². The molecule has 2 atom stereocenters. The van der Waals surface area contributed by atoms with Gasteiger partial charge in [-0.25, -0.2) is 13.5 Å². The summed E-state index contributed by atoms with van der Waals surface area (Å²) in [5, 5.41) is 7.23. The van der Waals surface area contributed by atoms with Crippen LogP contribution in [0.2, 0.25) is 0 Å². The Kier molecular flexibility index (Phi) is 6.91. The van der Waals surface area contributed by atoms with E-state index >= 15 is 0 Å². The molecule has 0 unspecified atom stereocenters. The number of ether oxygens (including phenoxy) is 1. The molecule has 0 aliphatic carbocycles. The molecule has 32 heavy (non-hydrogen) atoms. The van der Waals surface area contributed by atoms with E-state index in [1.54, 1.807) is 7.11 Å². The Morgan fingerprint density at radius 1 is 1.31 bits per heavy atom. The minimum atomic E-state index is -2.48. The normalized spacial score (nSPS) is 21.3. The zero-order chi connectivity index (χ0) is 22.7. The lowest BCUT2D eigenvalue weighted by atomic mass is 9.85. The summed E-state index contributed by atoms with van der Waals surface area (Å²) in [7, 11) is 1.66. The monoisotopic (exact) mass is 447 g/mol. The summed E-state index contributed by atoms with van der Waals surface area (Å²) in [6.45, 7) is 3.41. The molecule has 0 spiro atoms. The lowest BCUT2D eigenvalue weighted by Crippen LogP contribution is -2.46. The van der Waals surface area contributed by atoms with E-state index < -0.39 is 12.5 Å².